The van der Waals surface area contributed by atoms with Crippen molar-refractivity contribution < 1.29 is 9.53 Å². The Morgan fingerprint density at radius 3 is 2.64 bits per heavy atom. The lowest BCUT2D eigenvalue weighted by Crippen LogP contribution is -2.54. The van der Waals surface area contributed by atoms with E-state index in [-0.39, 0.29) is 10.8 Å². The molecule has 0 aromatic rings. The summed E-state index contributed by atoms with van der Waals surface area (Å²) in [5, 5.41) is 4.18. The number of allylic oxidation sites excluding steroid dienone is 1. The summed E-state index contributed by atoms with van der Waals surface area (Å²) in [5.41, 5.74) is 9.96. The zero-order valence-electron chi connectivity index (χ0n) is 15.6. The van der Waals surface area contributed by atoms with Gasteiger partial charge in [-0.1, -0.05) is 24.5 Å². The van der Waals surface area contributed by atoms with E-state index in [2.05, 4.69) is 23.9 Å². The maximum absolute atomic E-state index is 11.9. The van der Waals surface area contributed by atoms with Crippen LogP contribution in [0.15, 0.2) is 16.8 Å². The van der Waals surface area contributed by atoms with Crippen LogP contribution in [0.5, 0.6) is 0 Å². The average molecular weight is 343 g/mol. The molecule has 0 radical (unpaired) electrons. The third kappa shape index (κ3) is 2.12. The van der Waals surface area contributed by atoms with Gasteiger partial charge in [0.25, 0.3) is 0 Å². The highest BCUT2D eigenvalue weighted by molar-refractivity contribution is 5.91. The summed E-state index contributed by atoms with van der Waals surface area (Å²) < 4.78 is 5.86. The molecule has 3 saturated carbocycles. The lowest BCUT2D eigenvalue weighted by Gasteiger charge is -2.59. The molecule has 5 heteroatoms. The van der Waals surface area contributed by atoms with Crippen molar-refractivity contribution in [2.24, 2.45) is 33.7 Å². The molecule has 136 valence electrons. The van der Waals surface area contributed by atoms with E-state index in [0.29, 0.717) is 30.0 Å². The first kappa shape index (κ1) is 17.1. The normalized spacial score (nSPS) is 48.7. The van der Waals surface area contributed by atoms with Gasteiger partial charge >= 0.3 is 0 Å². The van der Waals surface area contributed by atoms with E-state index in [0.717, 1.165) is 44.9 Å². The number of methoxy groups -OCH3 is 1. The third-order valence-corrected chi connectivity index (χ3v) is 8.58. The van der Waals surface area contributed by atoms with Crippen molar-refractivity contribution in [1.82, 2.24) is 0 Å². The van der Waals surface area contributed by atoms with Gasteiger partial charge in [0.05, 0.1) is 0 Å². The van der Waals surface area contributed by atoms with Crippen LogP contribution in [0.25, 0.3) is 10.4 Å². The number of azide groups is 1. The first-order chi connectivity index (χ1) is 11.9. The van der Waals surface area contributed by atoms with Crippen LogP contribution in [-0.4, -0.2) is 18.6 Å². The fraction of sp³-hybridized carbons (Fsp3) is 0.850. The minimum absolute atomic E-state index is 0.0722. The summed E-state index contributed by atoms with van der Waals surface area (Å²) in [5.74, 6) is 2.17. The lowest BCUT2D eigenvalue weighted by molar-refractivity contribution is -0.141. The number of hydrogen-bond acceptors (Lipinski definition) is 3. The molecule has 0 aromatic carbocycles. The SMILES string of the molecule is COC1(N=[N+]=[N-])CC[C@@H]2[C@@H]3CCC4=CC(=O)CC[C@]4(C)[C@@H]3CCC21C. The zero-order valence-corrected chi connectivity index (χ0v) is 15.6. The van der Waals surface area contributed by atoms with E-state index in [9.17, 15) is 4.79 Å². The largest absolute Gasteiger partial charge is 0.372 e. The second kappa shape index (κ2) is 5.59. The fourth-order valence-corrected chi connectivity index (χ4v) is 7.15. The van der Waals surface area contributed by atoms with Gasteiger partial charge in [-0.2, -0.15) is 0 Å². The molecule has 0 aromatic heterocycles. The fourth-order valence-electron chi connectivity index (χ4n) is 7.15. The highest BCUT2D eigenvalue weighted by Crippen LogP contribution is 2.68. The van der Waals surface area contributed by atoms with E-state index in [4.69, 9.17) is 10.3 Å². The summed E-state index contributed by atoms with van der Waals surface area (Å²) >= 11 is 0. The molecule has 0 bridgehead atoms. The van der Waals surface area contributed by atoms with E-state index >= 15 is 0 Å². The van der Waals surface area contributed by atoms with E-state index in [1.807, 2.05) is 6.08 Å². The van der Waals surface area contributed by atoms with Crippen molar-refractivity contribution >= 4 is 5.78 Å². The maximum Gasteiger partial charge on any atom is 0.155 e. The van der Waals surface area contributed by atoms with Crippen molar-refractivity contribution in [2.75, 3.05) is 7.11 Å². The molecule has 5 nitrogen and oxygen atoms in total. The molecule has 4 aliphatic rings. The zero-order chi connectivity index (χ0) is 17.9. The van der Waals surface area contributed by atoms with Gasteiger partial charge in [0, 0.05) is 23.9 Å². The number of rotatable bonds is 2. The second-order valence-electron chi connectivity index (χ2n) is 9.14. The minimum atomic E-state index is -0.684. The van der Waals surface area contributed by atoms with Crippen molar-refractivity contribution in [2.45, 2.75) is 70.9 Å². The monoisotopic (exact) mass is 343 g/mol. The van der Waals surface area contributed by atoms with E-state index in [1.54, 1.807) is 7.11 Å². The Bertz CT molecular complexity index is 682. The van der Waals surface area contributed by atoms with Crippen LogP contribution in [-0.2, 0) is 9.53 Å². The first-order valence-electron chi connectivity index (χ1n) is 9.75. The maximum atomic E-state index is 11.9. The number of carbonyl (C=O) groups excluding carboxylic acids is 1. The van der Waals surface area contributed by atoms with Crippen molar-refractivity contribution in [3.05, 3.63) is 22.1 Å². The highest BCUT2D eigenvalue weighted by Gasteiger charge is 2.64. The van der Waals surface area contributed by atoms with Crippen LogP contribution in [0.3, 0.4) is 0 Å². The van der Waals surface area contributed by atoms with Crippen LogP contribution in [0, 0.1) is 28.6 Å². The van der Waals surface area contributed by atoms with Gasteiger partial charge in [0.2, 0.25) is 0 Å². The Kier molecular flexibility index (Phi) is 3.82. The van der Waals surface area contributed by atoms with Gasteiger partial charge in [0.15, 0.2) is 11.5 Å². The quantitative estimate of drug-likeness (QED) is 0.394. The number of nitrogens with zero attached hydrogens (tertiary/aromatic N) is 3. The van der Waals surface area contributed by atoms with Gasteiger partial charge < -0.3 is 4.74 Å². The summed E-state index contributed by atoms with van der Waals surface area (Å²) in [4.78, 5) is 15.1. The van der Waals surface area contributed by atoms with Crippen LogP contribution in [0.1, 0.15) is 65.2 Å². The number of hydrogen-bond donors (Lipinski definition) is 0. The van der Waals surface area contributed by atoms with Crippen molar-refractivity contribution in [1.29, 1.82) is 0 Å². The molecular weight excluding hydrogens is 314 g/mol. The Hall–Kier alpha value is -1.32. The molecule has 0 heterocycles. The molecule has 4 rings (SSSR count). The summed E-state index contributed by atoms with van der Waals surface area (Å²) in [6.45, 7) is 4.69. The van der Waals surface area contributed by atoms with Crippen LogP contribution >= 0.6 is 0 Å². The van der Waals surface area contributed by atoms with Crippen LogP contribution in [0.2, 0.25) is 0 Å². The highest BCUT2D eigenvalue weighted by atomic mass is 16.5. The first-order valence-corrected chi connectivity index (χ1v) is 9.75. The van der Waals surface area contributed by atoms with Crippen LogP contribution in [0.4, 0.5) is 0 Å². The average Bonchev–Trinajstić information content (AvgIpc) is 2.89. The van der Waals surface area contributed by atoms with Gasteiger partial charge in [0.1, 0.15) is 0 Å². The summed E-state index contributed by atoms with van der Waals surface area (Å²) in [6, 6.07) is 0. The Balaban J connectivity index is 1.70. The molecule has 0 amide bonds. The lowest BCUT2D eigenvalue weighted by atomic mass is 9.47. The summed E-state index contributed by atoms with van der Waals surface area (Å²) in [7, 11) is 1.70. The van der Waals surface area contributed by atoms with Gasteiger partial charge in [-0.15, -0.1) is 0 Å². The molecule has 6 atom stereocenters. The molecule has 3 fully saturated rings. The van der Waals surface area contributed by atoms with Crippen LogP contribution < -0.4 is 0 Å². The number of carbonyl (C=O) groups is 1. The molecule has 4 aliphatic carbocycles. The topological polar surface area (TPSA) is 75.1 Å². The second-order valence-corrected chi connectivity index (χ2v) is 9.14. The molecule has 25 heavy (non-hydrogen) atoms. The molecule has 2 unspecified atom stereocenters. The Morgan fingerprint density at radius 1 is 1.16 bits per heavy atom. The molecule has 0 saturated heterocycles. The van der Waals surface area contributed by atoms with E-state index in [1.165, 1.54) is 5.57 Å². The summed E-state index contributed by atoms with van der Waals surface area (Å²) in [6.07, 6.45) is 9.98. The van der Waals surface area contributed by atoms with Crippen molar-refractivity contribution in [3.63, 3.8) is 0 Å². The van der Waals surface area contributed by atoms with Crippen molar-refractivity contribution in [3.8, 4) is 0 Å². The van der Waals surface area contributed by atoms with E-state index < -0.39 is 5.72 Å². The van der Waals surface area contributed by atoms with Gasteiger partial charge in [-0.25, -0.2) is 0 Å². The molecular formula is C20H29N3O2. The minimum Gasteiger partial charge on any atom is -0.372 e. The smallest absolute Gasteiger partial charge is 0.155 e. The molecule has 0 spiro atoms. The Morgan fingerprint density at radius 2 is 1.92 bits per heavy atom. The Labute approximate surface area is 149 Å². The standard InChI is InChI=1S/C20H29N3O2/c1-18-9-6-14(24)12-13(18)4-5-15-16(18)7-10-19(2)17(15)8-11-20(19,25-3)22-23-21/h12,15-17H,4-11H2,1-3H3/t15-,16-,17-,18+,19?,20?/m1/s1. The van der Waals surface area contributed by atoms with Gasteiger partial charge in [-0.05, 0) is 79.7 Å². The predicted octanol–water partition coefficient (Wildman–Crippen LogP) is 5.17. The number of fused-ring (bicyclic) bond motifs is 5. The number of ketones is 1. The third-order valence-electron chi connectivity index (χ3n) is 8.58. The molecule has 0 N–H and O–H groups in total. The number of ether oxygens (including phenoxy) is 1. The predicted molar refractivity (Wildman–Crippen MR) is 95.6 cm³/mol. The van der Waals surface area contributed by atoms with Gasteiger partial charge in [-0.3, -0.25) is 4.79 Å². The molecule has 0 aliphatic heterocycles.